The van der Waals surface area contributed by atoms with Crippen LogP contribution in [0.2, 0.25) is 0 Å². The van der Waals surface area contributed by atoms with Gasteiger partial charge in [-0.15, -0.1) is 0 Å². The number of nitrogens with one attached hydrogen (secondary N) is 1. The number of anilines is 2. The third-order valence-electron chi connectivity index (χ3n) is 3.01. The van der Waals surface area contributed by atoms with Gasteiger partial charge in [0.1, 0.15) is 5.82 Å². The van der Waals surface area contributed by atoms with E-state index < -0.39 is 16.9 Å². The molecule has 0 saturated carbocycles. The number of hydrogen-bond donors (Lipinski definition) is 2. The van der Waals surface area contributed by atoms with Crippen LogP contribution in [0.5, 0.6) is 0 Å². The summed E-state index contributed by atoms with van der Waals surface area (Å²) in [6.45, 7) is 0.192. The Morgan fingerprint density at radius 2 is 2.24 bits per heavy atom. The maximum Gasteiger partial charge on any atom is 0.270 e. The van der Waals surface area contributed by atoms with Gasteiger partial charge in [0.05, 0.1) is 11.1 Å². The molecule has 0 saturated heterocycles. The summed E-state index contributed by atoms with van der Waals surface area (Å²) in [6.07, 6.45) is -1.30. The largest absolute Gasteiger partial charge is 0.384 e. The van der Waals surface area contributed by atoms with Crippen LogP contribution in [-0.2, 0) is 13.6 Å². The van der Waals surface area contributed by atoms with Crippen molar-refractivity contribution in [3.63, 3.8) is 0 Å². The SMILES string of the molecule is Cn1ncc(CNc2ccc([N+](=O)[O-])cc2C(F)F)c1N. The van der Waals surface area contributed by atoms with E-state index >= 15 is 0 Å². The first-order chi connectivity index (χ1) is 9.90. The lowest BCUT2D eigenvalue weighted by Crippen LogP contribution is -2.06. The zero-order valence-electron chi connectivity index (χ0n) is 11.1. The molecule has 0 aliphatic carbocycles. The normalized spacial score (nSPS) is 10.9. The fourth-order valence-electron chi connectivity index (χ4n) is 1.82. The van der Waals surface area contributed by atoms with Crippen LogP contribution in [0.25, 0.3) is 0 Å². The maximum absolute atomic E-state index is 13.0. The number of aryl methyl sites for hydroxylation is 1. The van der Waals surface area contributed by atoms with Gasteiger partial charge in [-0.2, -0.15) is 5.10 Å². The van der Waals surface area contributed by atoms with Crippen molar-refractivity contribution in [2.24, 2.45) is 7.05 Å². The smallest absolute Gasteiger partial charge is 0.270 e. The first-order valence-corrected chi connectivity index (χ1v) is 5.97. The molecule has 1 heterocycles. The Hall–Kier alpha value is -2.71. The lowest BCUT2D eigenvalue weighted by atomic mass is 10.1. The zero-order valence-corrected chi connectivity index (χ0v) is 11.1. The van der Waals surface area contributed by atoms with Crippen LogP contribution < -0.4 is 11.1 Å². The number of benzene rings is 1. The molecule has 2 aromatic rings. The molecule has 0 aliphatic rings. The number of nitrogens with zero attached hydrogens (tertiary/aromatic N) is 3. The molecule has 1 aromatic carbocycles. The first kappa shape index (κ1) is 14.7. The number of nitrogens with two attached hydrogens (primary N) is 1. The molecule has 2 rings (SSSR count). The molecular formula is C12H13F2N5O2. The number of halogens is 2. The highest BCUT2D eigenvalue weighted by Gasteiger charge is 2.18. The highest BCUT2D eigenvalue weighted by molar-refractivity contribution is 5.57. The van der Waals surface area contributed by atoms with Crippen molar-refractivity contribution in [2.75, 3.05) is 11.1 Å². The molecule has 0 spiro atoms. The van der Waals surface area contributed by atoms with Crippen LogP contribution >= 0.6 is 0 Å². The van der Waals surface area contributed by atoms with E-state index in [0.717, 1.165) is 6.07 Å². The standard InChI is InChI=1S/C12H13F2N5O2/c1-18-12(15)7(6-17-18)5-16-10-3-2-8(19(20)21)4-9(10)11(13)14/h2-4,6,11,16H,5,15H2,1H3. The van der Waals surface area contributed by atoms with Crippen molar-refractivity contribution in [1.82, 2.24) is 9.78 Å². The van der Waals surface area contributed by atoms with Gasteiger partial charge in [0.15, 0.2) is 0 Å². The molecule has 3 N–H and O–H groups in total. The molecule has 21 heavy (non-hydrogen) atoms. The monoisotopic (exact) mass is 297 g/mol. The number of nitro benzene ring substituents is 1. The number of non-ortho nitro benzene ring substituents is 1. The van der Waals surface area contributed by atoms with Crippen LogP contribution in [0.3, 0.4) is 0 Å². The van der Waals surface area contributed by atoms with Crippen LogP contribution in [0.15, 0.2) is 24.4 Å². The van der Waals surface area contributed by atoms with Crippen LogP contribution in [0, 0.1) is 10.1 Å². The summed E-state index contributed by atoms with van der Waals surface area (Å²) < 4.78 is 27.4. The average Bonchev–Trinajstić information content (AvgIpc) is 2.76. The Morgan fingerprint density at radius 3 is 2.76 bits per heavy atom. The van der Waals surface area contributed by atoms with Crippen LogP contribution in [-0.4, -0.2) is 14.7 Å². The van der Waals surface area contributed by atoms with Crippen LogP contribution in [0.1, 0.15) is 17.6 Å². The van der Waals surface area contributed by atoms with E-state index in [1.165, 1.54) is 23.0 Å². The lowest BCUT2D eigenvalue weighted by molar-refractivity contribution is -0.385. The van der Waals surface area contributed by atoms with E-state index in [1.54, 1.807) is 7.05 Å². The van der Waals surface area contributed by atoms with Crippen LogP contribution in [0.4, 0.5) is 26.0 Å². The molecule has 0 atom stereocenters. The summed E-state index contributed by atoms with van der Waals surface area (Å²) in [5.74, 6) is 0.419. The highest BCUT2D eigenvalue weighted by Crippen LogP contribution is 2.31. The molecule has 9 heteroatoms. The molecule has 7 nitrogen and oxygen atoms in total. The van der Waals surface area contributed by atoms with E-state index in [2.05, 4.69) is 10.4 Å². The maximum atomic E-state index is 13.0. The Balaban J connectivity index is 2.23. The van der Waals surface area contributed by atoms with Gasteiger partial charge >= 0.3 is 0 Å². The molecule has 0 amide bonds. The second-order valence-electron chi connectivity index (χ2n) is 4.36. The second-order valence-corrected chi connectivity index (χ2v) is 4.36. The Labute approximate surface area is 118 Å². The van der Waals surface area contributed by atoms with Crippen molar-refractivity contribution in [3.8, 4) is 0 Å². The Bertz CT molecular complexity index is 672. The first-order valence-electron chi connectivity index (χ1n) is 5.97. The molecule has 0 radical (unpaired) electrons. The quantitative estimate of drug-likeness (QED) is 0.652. The van der Waals surface area contributed by atoms with Gasteiger partial charge in [-0.1, -0.05) is 0 Å². The highest BCUT2D eigenvalue weighted by atomic mass is 19.3. The van der Waals surface area contributed by atoms with Crippen molar-refractivity contribution >= 4 is 17.2 Å². The third kappa shape index (κ3) is 3.07. The average molecular weight is 297 g/mol. The Morgan fingerprint density at radius 1 is 1.52 bits per heavy atom. The van der Waals surface area contributed by atoms with E-state index in [4.69, 9.17) is 5.73 Å². The molecule has 0 fully saturated rings. The van der Waals surface area contributed by atoms with Gasteiger partial charge in [-0.25, -0.2) is 8.78 Å². The van der Waals surface area contributed by atoms with Gasteiger partial charge in [-0.3, -0.25) is 14.8 Å². The number of rotatable bonds is 5. The molecular weight excluding hydrogens is 284 g/mol. The number of nitrogen functional groups attached to an aromatic ring is 1. The number of aromatic nitrogens is 2. The van der Waals surface area contributed by atoms with E-state index in [0.29, 0.717) is 11.4 Å². The number of alkyl halides is 2. The van der Waals surface area contributed by atoms with E-state index in [9.17, 15) is 18.9 Å². The summed E-state index contributed by atoms with van der Waals surface area (Å²) in [5.41, 5.74) is 5.72. The van der Waals surface area contributed by atoms with E-state index in [-0.39, 0.29) is 17.9 Å². The zero-order chi connectivity index (χ0) is 15.6. The summed E-state index contributed by atoms with van der Waals surface area (Å²) in [6, 6.07) is 3.28. The van der Waals surface area contributed by atoms with E-state index in [1.807, 2.05) is 0 Å². The number of nitro groups is 1. The van der Waals surface area contributed by atoms with Crippen molar-refractivity contribution in [2.45, 2.75) is 13.0 Å². The minimum absolute atomic E-state index is 0.124. The van der Waals surface area contributed by atoms with Gasteiger partial charge < -0.3 is 11.1 Å². The molecule has 0 aliphatic heterocycles. The minimum atomic E-state index is -2.82. The lowest BCUT2D eigenvalue weighted by Gasteiger charge is -2.11. The van der Waals surface area contributed by atoms with Gasteiger partial charge in [0, 0.05) is 42.5 Å². The summed E-state index contributed by atoms with van der Waals surface area (Å²) in [4.78, 5) is 9.91. The summed E-state index contributed by atoms with van der Waals surface area (Å²) >= 11 is 0. The van der Waals surface area contributed by atoms with Crippen molar-refractivity contribution < 1.29 is 13.7 Å². The molecule has 112 valence electrons. The van der Waals surface area contributed by atoms with Gasteiger partial charge in [-0.05, 0) is 6.07 Å². The molecule has 1 aromatic heterocycles. The van der Waals surface area contributed by atoms with Gasteiger partial charge in [0.25, 0.3) is 12.1 Å². The van der Waals surface area contributed by atoms with Gasteiger partial charge in [0.2, 0.25) is 0 Å². The van der Waals surface area contributed by atoms with Crippen molar-refractivity contribution in [1.29, 1.82) is 0 Å². The Kier molecular flexibility index (Phi) is 4.01. The third-order valence-corrected chi connectivity index (χ3v) is 3.01. The number of hydrogen-bond acceptors (Lipinski definition) is 5. The minimum Gasteiger partial charge on any atom is -0.384 e. The predicted molar refractivity (Wildman–Crippen MR) is 73.0 cm³/mol. The fraction of sp³-hybridized carbons (Fsp3) is 0.250. The predicted octanol–water partition coefficient (Wildman–Crippen LogP) is 2.46. The molecule has 0 unspecified atom stereocenters. The fourth-order valence-corrected chi connectivity index (χ4v) is 1.82. The topological polar surface area (TPSA) is 99.0 Å². The summed E-state index contributed by atoms with van der Waals surface area (Å²) in [5, 5.41) is 17.4. The molecule has 0 bridgehead atoms. The second kappa shape index (κ2) is 5.73. The van der Waals surface area contributed by atoms with Crippen molar-refractivity contribution in [3.05, 3.63) is 45.6 Å². The summed E-state index contributed by atoms with van der Waals surface area (Å²) in [7, 11) is 1.66.